The lowest BCUT2D eigenvalue weighted by Crippen LogP contribution is -2.48. The molecular formula is C26H24BrClFN3O3. The van der Waals surface area contributed by atoms with Crippen molar-refractivity contribution in [2.45, 2.75) is 26.5 Å². The molecule has 0 bridgehead atoms. The first-order valence-electron chi connectivity index (χ1n) is 10.8. The predicted octanol–water partition coefficient (Wildman–Crippen LogP) is 5.73. The monoisotopic (exact) mass is 559 g/mol. The van der Waals surface area contributed by atoms with Crippen molar-refractivity contribution in [1.29, 1.82) is 0 Å². The van der Waals surface area contributed by atoms with Crippen molar-refractivity contribution >= 4 is 45.6 Å². The van der Waals surface area contributed by atoms with Gasteiger partial charge in [-0.15, -0.1) is 0 Å². The Hall–Kier alpha value is -3.23. The van der Waals surface area contributed by atoms with Gasteiger partial charge in [-0.1, -0.05) is 43.6 Å². The predicted molar refractivity (Wildman–Crippen MR) is 138 cm³/mol. The highest BCUT2D eigenvalue weighted by Crippen LogP contribution is 2.27. The van der Waals surface area contributed by atoms with Crippen LogP contribution in [-0.2, 0) is 11.4 Å². The van der Waals surface area contributed by atoms with Gasteiger partial charge in [-0.3, -0.25) is 9.59 Å². The summed E-state index contributed by atoms with van der Waals surface area (Å²) in [4.78, 5) is 25.1. The zero-order chi connectivity index (χ0) is 25.4. The van der Waals surface area contributed by atoms with Gasteiger partial charge < -0.3 is 10.1 Å². The smallest absolute Gasteiger partial charge is 0.262 e. The van der Waals surface area contributed by atoms with Gasteiger partial charge in [0.25, 0.3) is 11.8 Å². The van der Waals surface area contributed by atoms with E-state index in [2.05, 4.69) is 31.8 Å². The number of carbonyl (C=O) groups excluding carboxylic acids is 2. The van der Waals surface area contributed by atoms with Crippen LogP contribution in [0.4, 0.5) is 4.39 Å². The summed E-state index contributed by atoms with van der Waals surface area (Å²) < 4.78 is 19.6. The van der Waals surface area contributed by atoms with E-state index in [9.17, 15) is 14.0 Å². The topological polar surface area (TPSA) is 79.8 Å². The van der Waals surface area contributed by atoms with Crippen molar-refractivity contribution in [3.63, 3.8) is 0 Å². The number of hydrogen-bond acceptors (Lipinski definition) is 4. The van der Waals surface area contributed by atoms with Gasteiger partial charge >= 0.3 is 0 Å². The summed E-state index contributed by atoms with van der Waals surface area (Å²) in [5, 5.41) is 7.31. The Kier molecular flexibility index (Phi) is 9.39. The quantitative estimate of drug-likeness (QED) is 0.259. The molecule has 0 aliphatic carbocycles. The highest BCUT2D eigenvalue weighted by atomic mass is 79.9. The van der Waals surface area contributed by atoms with Crippen molar-refractivity contribution < 1.29 is 18.7 Å². The van der Waals surface area contributed by atoms with Crippen LogP contribution in [0.2, 0.25) is 5.02 Å². The fraction of sp³-hybridized carbons (Fsp3) is 0.192. The van der Waals surface area contributed by atoms with Gasteiger partial charge in [-0.25, -0.2) is 9.82 Å². The SMILES string of the molecule is CC(C)C(NC(=O)c1ccc(F)cc1)C(=O)N/N=C/c1ccc(OCc2ccccc2Cl)c(Br)c1. The van der Waals surface area contributed by atoms with Gasteiger partial charge in [0.1, 0.15) is 24.2 Å². The van der Waals surface area contributed by atoms with Gasteiger partial charge in [0.2, 0.25) is 0 Å². The lowest BCUT2D eigenvalue weighted by atomic mass is 10.0. The second-order valence-corrected chi connectivity index (χ2v) is 9.27. The van der Waals surface area contributed by atoms with Gasteiger partial charge in [0, 0.05) is 16.1 Å². The summed E-state index contributed by atoms with van der Waals surface area (Å²) in [6.07, 6.45) is 1.49. The number of halogens is 3. The van der Waals surface area contributed by atoms with E-state index in [0.717, 1.165) is 11.1 Å². The third-order valence-corrected chi connectivity index (χ3v) is 6.02. The number of hydrogen-bond donors (Lipinski definition) is 2. The van der Waals surface area contributed by atoms with Crippen molar-refractivity contribution in [3.05, 3.63) is 98.7 Å². The number of carbonyl (C=O) groups is 2. The second kappa shape index (κ2) is 12.5. The largest absolute Gasteiger partial charge is 0.488 e. The molecule has 3 rings (SSSR count). The molecule has 3 aromatic carbocycles. The molecule has 6 nitrogen and oxygen atoms in total. The molecule has 35 heavy (non-hydrogen) atoms. The van der Waals surface area contributed by atoms with Gasteiger partial charge in [0.05, 0.1) is 10.7 Å². The normalized spacial score (nSPS) is 11.9. The van der Waals surface area contributed by atoms with Crippen LogP contribution in [0.3, 0.4) is 0 Å². The molecule has 2 N–H and O–H groups in total. The number of ether oxygens (including phenoxy) is 1. The van der Waals surface area contributed by atoms with Crippen LogP contribution < -0.4 is 15.5 Å². The fourth-order valence-electron chi connectivity index (χ4n) is 3.09. The first kappa shape index (κ1) is 26.4. The summed E-state index contributed by atoms with van der Waals surface area (Å²) in [7, 11) is 0. The summed E-state index contributed by atoms with van der Waals surface area (Å²) in [6.45, 7) is 3.93. The molecular weight excluding hydrogens is 537 g/mol. The van der Waals surface area contributed by atoms with Crippen molar-refractivity contribution in [2.24, 2.45) is 11.0 Å². The van der Waals surface area contributed by atoms with E-state index in [4.69, 9.17) is 16.3 Å². The number of benzene rings is 3. The Morgan fingerprint density at radius 2 is 1.83 bits per heavy atom. The molecule has 0 aliphatic rings. The Labute approximate surface area is 216 Å². The second-order valence-electron chi connectivity index (χ2n) is 8.01. The van der Waals surface area contributed by atoms with Gasteiger partial charge in [-0.2, -0.15) is 5.10 Å². The summed E-state index contributed by atoms with van der Waals surface area (Å²) in [5.74, 6) is -0.946. The van der Waals surface area contributed by atoms with Gasteiger partial charge in [0.15, 0.2) is 0 Å². The first-order chi connectivity index (χ1) is 16.7. The number of nitrogens with one attached hydrogen (secondary N) is 2. The van der Waals surface area contributed by atoms with Crippen LogP contribution in [0, 0.1) is 11.7 Å². The van der Waals surface area contributed by atoms with Crippen molar-refractivity contribution in [3.8, 4) is 5.75 Å². The Morgan fingerprint density at radius 3 is 2.49 bits per heavy atom. The minimum Gasteiger partial charge on any atom is -0.488 e. The van der Waals surface area contributed by atoms with E-state index in [1.807, 2.05) is 18.2 Å². The number of rotatable bonds is 9. The highest BCUT2D eigenvalue weighted by molar-refractivity contribution is 9.10. The number of hydrazone groups is 1. The molecule has 0 saturated carbocycles. The number of nitrogens with zero attached hydrogens (tertiary/aromatic N) is 1. The average molecular weight is 561 g/mol. The molecule has 0 aromatic heterocycles. The molecule has 1 atom stereocenters. The molecule has 0 spiro atoms. The highest BCUT2D eigenvalue weighted by Gasteiger charge is 2.24. The Balaban J connectivity index is 1.57. The lowest BCUT2D eigenvalue weighted by molar-refractivity contribution is -0.123. The number of amides is 2. The van der Waals surface area contributed by atoms with E-state index in [0.29, 0.717) is 21.9 Å². The minimum atomic E-state index is -0.822. The molecule has 182 valence electrons. The summed E-state index contributed by atoms with van der Waals surface area (Å²) >= 11 is 9.64. The van der Waals surface area contributed by atoms with Crippen LogP contribution in [0.15, 0.2) is 76.3 Å². The summed E-state index contributed by atoms with van der Waals surface area (Å²) in [6, 6.07) is 17.1. The molecule has 0 saturated heterocycles. The molecule has 9 heteroatoms. The molecule has 0 aliphatic heterocycles. The van der Waals surface area contributed by atoms with E-state index in [-0.39, 0.29) is 11.5 Å². The molecule has 2 amide bonds. The molecule has 0 heterocycles. The first-order valence-corrected chi connectivity index (χ1v) is 12.0. The zero-order valence-corrected chi connectivity index (χ0v) is 21.4. The van der Waals surface area contributed by atoms with Crippen LogP contribution in [0.5, 0.6) is 5.75 Å². The standard InChI is InChI=1S/C26H24BrClFN3O3/c1-16(2)24(31-25(33)18-8-10-20(29)11-9-18)26(34)32-30-14-17-7-12-23(21(27)13-17)35-15-19-5-3-4-6-22(19)28/h3-14,16,24H,15H2,1-2H3,(H,31,33)(H,32,34)/b30-14+. The van der Waals surface area contributed by atoms with Crippen LogP contribution >= 0.6 is 27.5 Å². The molecule has 0 fully saturated rings. The van der Waals surface area contributed by atoms with Crippen LogP contribution in [-0.4, -0.2) is 24.1 Å². The molecule has 0 radical (unpaired) electrons. The van der Waals surface area contributed by atoms with Crippen LogP contribution in [0.25, 0.3) is 0 Å². The third-order valence-electron chi connectivity index (χ3n) is 5.03. The average Bonchev–Trinajstić information content (AvgIpc) is 2.83. The van der Waals surface area contributed by atoms with Crippen molar-refractivity contribution in [1.82, 2.24) is 10.7 Å². The Morgan fingerprint density at radius 1 is 1.11 bits per heavy atom. The maximum atomic E-state index is 13.1. The van der Waals surface area contributed by atoms with E-state index in [1.54, 1.807) is 38.1 Å². The van der Waals surface area contributed by atoms with E-state index < -0.39 is 23.7 Å². The maximum absolute atomic E-state index is 13.1. The Bertz CT molecular complexity index is 1220. The molecule has 3 aromatic rings. The van der Waals surface area contributed by atoms with Crippen LogP contribution in [0.1, 0.15) is 35.3 Å². The van der Waals surface area contributed by atoms with E-state index in [1.165, 1.54) is 30.5 Å². The maximum Gasteiger partial charge on any atom is 0.262 e. The minimum absolute atomic E-state index is 0.196. The van der Waals surface area contributed by atoms with Crippen molar-refractivity contribution in [2.75, 3.05) is 0 Å². The van der Waals surface area contributed by atoms with Gasteiger partial charge in [-0.05, 0) is 75.9 Å². The lowest BCUT2D eigenvalue weighted by Gasteiger charge is -2.20. The fourth-order valence-corrected chi connectivity index (χ4v) is 3.79. The third kappa shape index (κ3) is 7.63. The van der Waals surface area contributed by atoms with E-state index >= 15 is 0 Å². The zero-order valence-electron chi connectivity index (χ0n) is 19.1. The molecule has 1 unspecified atom stereocenters. The summed E-state index contributed by atoms with van der Waals surface area (Å²) in [5.41, 5.74) is 4.32.